The minimum Gasteiger partial charge on any atom is -0.370 e. The maximum Gasteiger partial charge on any atom is 0.417 e. The second-order valence-corrected chi connectivity index (χ2v) is 3.89. The monoisotopic (exact) mass is 309 g/mol. The van der Waals surface area contributed by atoms with E-state index in [1.807, 2.05) is 0 Å². The van der Waals surface area contributed by atoms with Gasteiger partial charge in [-0.2, -0.15) is 18.2 Å². The van der Waals surface area contributed by atoms with Crippen molar-refractivity contribution in [3.05, 3.63) is 33.8 Å². The molecule has 0 spiro atoms. The Kier molecular flexibility index (Phi) is 3.76. The molecule has 8 heteroatoms. The molecule has 0 bridgehead atoms. The Balaban J connectivity index is 3.23. The highest BCUT2D eigenvalue weighted by atomic mass is 79.9. The van der Waals surface area contributed by atoms with E-state index in [-0.39, 0.29) is 10.0 Å². The summed E-state index contributed by atoms with van der Waals surface area (Å²) in [5.74, 6) is -1.44. The molecule has 0 atom stereocenters. The molecule has 0 saturated heterocycles. The Bertz CT molecular complexity index is 481. The van der Waals surface area contributed by atoms with E-state index in [4.69, 9.17) is 11.5 Å². The quantitative estimate of drug-likeness (QED) is 0.614. The van der Waals surface area contributed by atoms with Gasteiger partial charge in [0.2, 0.25) is 0 Å². The lowest BCUT2D eigenvalue weighted by Crippen LogP contribution is -2.24. The van der Waals surface area contributed by atoms with Crippen LogP contribution in [0.15, 0.2) is 27.7 Å². The van der Waals surface area contributed by atoms with Gasteiger partial charge < -0.3 is 11.5 Å². The molecule has 0 fully saturated rings. The maximum atomic E-state index is 12.5. The van der Waals surface area contributed by atoms with Crippen LogP contribution < -0.4 is 11.5 Å². The maximum absolute atomic E-state index is 12.5. The summed E-state index contributed by atoms with van der Waals surface area (Å²) in [5, 5.41) is 0. The van der Waals surface area contributed by atoms with Crippen LogP contribution in [0.25, 0.3) is 0 Å². The van der Waals surface area contributed by atoms with Crippen molar-refractivity contribution in [2.45, 2.75) is 6.18 Å². The number of guanidine groups is 1. The molecule has 0 heterocycles. The summed E-state index contributed by atoms with van der Waals surface area (Å²) in [6.45, 7) is 0. The fraction of sp³-hybridized carbons (Fsp3) is 0.111. The number of benzene rings is 1. The number of nitrogens with zero attached hydrogens (tertiary/aromatic N) is 1. The number of nitrogens with two attached hydrogens (primary N) is 2. The van der Waals surface area contributed by atoms with Gasteiger partial charge in [0.15, 0.2) is 5.96 Å². The molecule has 0 aliphatic rings. The Hall–Kier alpha value is -1.57. The Morgan fingerprint density at radius 2 is 1.88 bits per heavy atom. The van der Waals surface area contributed by atoms with Crippen molar-refractivity contribution < 1.29 is 18.0 Å². The third kappa shape index (κ3) is 3.45. The largest absolute Gasteiger partial charge is 0.417 e. The highest BCUT2D eigenvalue weighted by Crippen LogP contribution is 2.35. The molecule has 0 unspecified atom stereocenters. The zero-order valence-corrected chi connectivity index (χ0v) is 9.84. The van der Waals surface area contributed by atoms with E-state index in [9.17, 15) is 18.0 Å². The van der Waals surface area contributed by atoms with Crippen LogP contribution in [-0.4, -0.2) is 11.9 Å². The van der Waals surface area contributed by atoms with Gasteiger partial charge in [-0.3, -0.25) is 4.79 Å². The summed E-state index contributed by atoms with van der Waals surface area (Å²) in [7, 11) is 0. The molecule has 0 aromatic heterocycles. The van der Waals surface area contributed by atoms with Gasteiger partial charge in [0.25, 0.3) is 5.91 Å². The summed E-state index contributed by atoms with van der Waals surface area (Å²) >= 11 is 2.75. The average molecular weight is 310 g/mol. The molecule has 0 saturated carbocycles. The standard InChI is InChI=1S/C9H7BrF3N3O/c10-6-2-1-4(7(17)16-8(14)15)3-5(6)9(11,12)13/h1-3H,(H4,14,15,16,17). The van der Waals surface area contributed by atoms with Gasteiger partial charge in [-0.25, -0.2) is 0 Å². The van der Waals surface area contributed by atoms with Crippen LogP contribution >= 0.6 is 15.9 Å². The fourth-order valence-corrected chi connectivity index (χ4v) is 1.53. The Morgan fingerprint density at radius 1 is 1.29 bits per heavy atom. The number of hydrogen-bond donors (Lipinski definition) is 2. The van der Waals surface area contributed by atoms with E-state index in [1.54, 1.807) is 0 Å². The lowest BCUT2D eigenvalue weighted by Gasteiger charge is -2.09. The zero-order chi connectivity index (χ0) is 13.2. The molecule has 1 amide bonds. The van der Waals surface area contributed by atoms with Crippen molar-refractivity contribution in [1.82, 2.24) is 0 Å². The number of rotatable bonds is 1. The Labute approximate surface area is 103 Å². The molecule has 0 radical (unpaired) electrons. The van der Waals surface area contributed by atoms with Crippen LogP contribution in [0.5, 0.6) is 0 Å². The number of aliphatic imine (C=N–C) groups is 1. The van der Waals surface area contributed by atoms with Gasteiger partial charge in [-0.1, -0.05) is 15.9 Å². The van der Waals surface area contributed by atoms with Crippen LogP contribution in [-0.2, 0) is 6.18 Å². The molecule has 1 rings (SSSR count). The van der Waals surface area contributed by atoms with Crippen molar-refractivity contribution >= 4 is 27.8 Å². The van der Waals surface area contributed by atoms with Crippen molar-refractivity contribution in [2.75, 3.05) is 0 Å². The second-order valence-electron chi connectivity index (χ2n) is 3.03. The van der Waals surface area contributed by atoms with E-state index < -0.39 is 23.6 Å². The van der Waals surface area contributed by atoms with Crippen molar-refractivity contribution in [1.29, 1.82) is 0 Å². The highest BCUT2D eigenvalue weighted by Gasteiger charge is 2.33. The van der Waals surface area contributed by atoms with Gasteiger partial charge in [-0.05, 0) is 18.2 Å². The van der Waals surface area contributed by atoms with Gasteiger partial charge in [-0.15, -0.1) is 0 Å². The molecular weight excluding hydrogens is 303 g/mol. The highest BCUT2D eigenvalue weighted by molar-refractivity contribution is 9.10. The summed E-state index contributed by atoms with van der Waals surface area (Å²) in [6.07, 6.45) is -4.56. The number of alkyl halides is 3. The normalized spacial score (nSPS) is 11.1. The van der Waals surface area contributed by atoms with E-state index >= 15 is 0 Å². The third-order valence-electron chi connectivity index (χ3n) is 1.75. The van der Waals surface area contributed by atoms with Gasteiger partial charge >= 0.3 is 6.18 Å². The Morgan fingerprint density at radius 3 is 2.35 bits per heavy atom. The molecular formula is C9H7BrF3N3O. The average Bonchev–Trinajstić information content (AvgIpc) is 2.15. The molecule has 1 aromatic rings. The minimum atomic E-state index is -4.56. The third-order valence-corrected chi connectivity index (χ3v) is 2.44. The number of hydrogen-bond acceptors (Lipinski definition) is 1. The lowest BCUT2D eigenvalue weighted by molar-refractivity contribution is -0.138. The first-order valence-corrected chi connectivity index (χ1v) is 5.02. The molecule has 92 valence electrons. The van der Waals surface area contributed by atoms with Crippen LogP contribution in [0, 0.1) is 0 Å². The van der Waals surface area contributed by atoms with Crippen LogP contribution in [0.4, 0.5) is 13.2 Å². The zero-order valence-electron chi connectivity index (χ0n) is 8.25. The number of carbonyl (C=O) groups is 1. The van der Waals surface area contributed by atoms with Crippen molar-refractivity contribution in [2.24, 2.45) is 16.5 Å². The van der Waals surface area contributed by atoms with Crippen LogP contribution in [0.1, 0.15) is 15.9 Å². The first-order chi connectivity index (χ1) is 7.71. The number of carbonyl (C=O) groups excluding carboxylic acids is 1. The van der Waals surface area contributed by atoms with E-state index in [1.165, 1.54) is 6.07 Å². The first-order valence-electron chi connectivity index (χ1n) is 4.22. The summed E-state index contributed by atoms with van der Waals surface area (Å²) in [5.41, 5.74) is 8.71. The molecule has 0 aliphatic heterocycles. The predicted octanol–water partition coefficient (Wildman–Crippen LogP) is 1.88. The molecule has 0 aliphatic carbocycles. The number of halogens is 4. The van der Waals surface area contributed by atoms with Crippen LogP contribution in [0.3, 0.4) is 0 Å². The smallest absolute Gasteiger partial charge is 0.370 e. The molecule has 4 N–H and O–H groups in total. The second kappa shape index (κ2) is 4.74. The van der Waals surface area contributed by atoms with Gasteiger partial charge in [0.05, 0.1) is 5.56 Å². The predicted molar refractivity (Wildman–Crippen MR) is 59.3 cm³/mol. The molecule has 4 nitrogen and oxygen atoms in total. The van der Waals surface area contributed by atoms with Crippen molar-refractivity contribution in [3.8, 4) is 0 Å². The van der Waals surface area contributed by atoms with E-state index in [2.05, 4.69) is 20.9 Å². The lowest BCUT2D eigenvalue weighted by atomic mass is 10.1. The summed E-state index contributed by atoms with van der Waals surface area (Å²) in [6, 6.07) is 2.98. The molecule has 1 aromatic carbocycles. The SMILES string of the molecule is NC(N)=NC(=O)c1ccc(Br)c(C(F)(F)F)c1. The fourth-order valence-electron chi connectivity index (χ4n) is 1.06. The first kappa shape index (κ1) is 13.5. The minimum absolute atomic E-state index is 0.161. The van der Waals surface area contributed by atoms with E-state index in [0.29, 0.717) is 6.07 Å². The number of amides is 1. The van der Waals surface area contributed by atoms with Gasteiger partial charge in [0.1, 0.15) is 0 Å². The van der Waals surface area contributed by atoms with Gasteiger partial charge in [0, 0.05) is 10.0 Å². The summed E-state index contributed by atoms with van der Waals surface area (Å²) < 4.78 is 37.4. The van der Waals surface area contributed by atoms with Crippen molar-refractivity contribution in [3.63, 3.8) is 0 Å². The summed E-state index contributed by atoms with van der Waals surface area (Å²) in [4.78, 5) is 14.5. The topological polar surface area (TPSA) is 81.5 Å². The molecule has 17 heavy (non-hydrogen) atoms. The van der Waals surface area contributed by atoms with Crippen LogP contribution in [0.2, 0.25) is 0 Å². The van der Waals surface area contributed by atoms with E-state index in [0.717, 1.165) is 6.07 Å².